The van der Waals surface area contributed by atoms with Crippen molar-refractivity contribution in [3.63, 3.8) is 0 Å². The van der Waals surface area contributed by atoms with Gasteiger partial charge in [0.05, 0.1) is 24.6 Å². The van der Waals surface area contributed by atoms with Crippen molar-refractivity contribution in [1.82, 2.24) is 9.88 Å². The second-order valence-electron chi connectivity index (χ2n) is 6.16. The minimum absolute atomic E-state index is 0.273. The van der Waals surface area contributed by atoms with Crippen LogP contribution in [0.4, 0.5) is 14.5 Å². The van der Waals surface area contributed by atoms with Crippen molar-refractivity contribution in [2.45, 2.75) is 19.3 Å². The number of hydrogen-bond donors (Lipinski definition) is 0. The molecule has 1 aliphatic heterocycles. The molecule has 1 aromatic heterocycles. The third-order valence-corrected chi connectivity index (χ3v) is 4.71. The van der Waals surface area contributed by atoms with Crippen LogP contribution in [0.1, 0.15) is 23.2 Å². The van der Waals surface area contributed by atoms with Crippen LogP contribution in [-0.2, 0) is 9.53 Å². The lowest BCUT2D eigenvalue weighted by Crippen LogP contribution is -2.52. The molecule has 0 radical (unpaired) electrons. The van der Waals surface area contributed by atoms with Crippen LogP contribution in [0, 0.1) is 5.41 Å². The zero-order chi connectivity index (χ0) is 17.3. The third kappa shape index (κ3) is 2.92. The lowest BCUT2D eigenvalue weighted by atomic mass is 10.1. The molecule has 24 heavy (non-hydrogen) atoms. The highest BCUT2D eigenvalue weighted by Gasteiger charge is 2.59. The van der Waals surface area contributed by atoms with E-state index in [4.69, 9.17) is 0 Å². The molecule has 1 aromatic rings. The molecular formula is C16H19F2N3O3. The van der Waals surface area contributed by atoms with Crippen molar-refractivity contribution in [3.05, 3.63) is 24.0 Å². The summed E-state index contributed by atoms with van der Waals surface area (Å²) in [6.07, 6.45) is 1.01. The Morgan fingerprint density at radius 1 is 1.21 bits per heavy atom. The van der Waals surface area contributed by atoms with Gasteiger partial charge in [-0.3, -0.25) is 9.78 Å². The summed E-state index contributed by atoms with van der Waals surface area (Å²) in [7, 11) is 1.30. The standard InChI is InChI=1S/C16H19F2N3O3/c1-24-13(22)11-8-12(10-19-9-11)20-4-6-21(7-5-20)15(23)16(2-3-16)14(17)18/h8-10,14H,2-7H2,1H3. The molecule has 0 atom stereocenters. The van der Waals surface area contributed by atoms with Gasteiger partial charge in [-0.2, -0.15) is 0 Å². The second-order valence-corrected chi connectivity index (χ2v) is 6.16. The van der Waals surface area contributed by atoms with Crippen LogP contribution in [0.3, 0.4) is 0 Å². The fourth-order valence-electron chi connectivity index (χ4n) is 2.97. The van der Waals surface area contributed by atoms with Crippen molar-refractivity contribution in [2.24, 2.45) is 5.41 Å². The molecule has 8 heteroatoms. The molecule has 3 rings (SSSR count). The Hall–Kier alpha value is -2.25. The van der Waals surface area contributed by atoms with E-state index in [-0.39, 0.29) is 12.8 Å². The number of anilines is 1. The molecule has 1 amide bonds. The molecule has 1 aliphatic carbocycles. The van der Waals surface area contributed by atoms with Gasteiger partial charge >= 0.3 is 5.97 Å². The predicted octanol–water partition coefficient (Wildman–Crippen LogP) is 1.56. The first-order valence-electron chi connectivity index (χ1n) is 7.84. The predicted molar refractivity (Wildman–Crippen MR) is 82.0 cm³/mol. The molecule has 1 saturated carbocycles. The zero-order valence-corrected chi connectivity index (χ0v) is 13.4. The van der Waals surface area contributed by atoms with Crippen molar-refractivity contribution in [3.8, 4) is 0 Å². The summed E-state index contributed by atoms with van der Waals surface area (Å²) >= 11 is 0. The average Bonchev–Trinajstić information content (AvgIpc) is 3.43. The average molecular weight is 339 g/mol. The smallest absolute Gasteiger partial charge is 0.339 e. The fourth-order valence-corrected chi connectivity index (χ4v) is 2.97. The van der Waals surface area contributed by atoms with E-state index in [0.29, 0.717) is 31.7 Å². The number of ether oxygens (including phenoxy) is 1. The maximum atomic E-state index is 13.1. The number of nitrogens with zero attached hydrogens (tertiary/aromatic N) is 3. The van der Waals surface area contributed by atoms with Gasteiger partial charge in [0.15, 0.2) is 0 Å². The van der Waals surface area contributed by atoms with Gasteiger partial charge in [0.25, 0.3) is 6.43 Å². The van der Waals surface area contributed by atoms with E-state index in [1.807, 2.05) is 4.90 Å². The lowest BCUT2D eigenvalue weighted by Gasteiger charge is -2.37. The van der Waals surface area contributed by atoms with Crippen LogP contribution in [0.15, 0.2) is 18.5 Å². The zero-order valence-electron chi connectivity index (χ0n) is 13.4. The van der Waals surface area contributed by atoms with E-state index in [2.05, 4.69) is 9.72 Å². The number of carbonyl (C=O) groups excluding carboxylic acids is 2. The Bertz CT molecular complexity index is 641. The number of amides is 1. The molecule has 0 spiro atoms. The molecule has 0 bridgehead atoms. The van der Waals surface area contributed by atoms with Gasteiger partial charge in [-0.05, 0) is 18.9 Å². The largest absolute Gasteiger partial charge is 0.465 e. The Kier molecular flexibility index (Phi) is 4.38. The minimum atomic E-state index is -2.59. The molecular weight excluding hydrogens is 320 g/mol. The van der Waals surface area contributed by atoms with E-state index < -0.39 is 23.7 Å². The molecule has 2 heterocycles. The van der Waals surface area contributed by atoms with Gasteiger partial charge in [-0.15, -0.1) is 0 Å². The van der Waals surface area contributed by atoms with Gasteiger partial charge in [-0.25, -0.2) is 13.6 Å². The number of carbonyl (C=O) groups is 2. The number of aromatic nitrogens is 1. The molecule has 130 valence electrons. The number of rotatable bonds is 4. The molecule has 0 aromatic carbocycles. The molecule has 1 saturated heterocycles. The molecule has 2 fully saturated rings. The summed E-state index contributed by atoms with van der Waals surface area (Å²) in [6.45, 7) is 1.79. The summed E-state index contributed by atoms with van der Waals surface area (Å²) in [4.78, 5) is 31.4. The van der Waals surface area contributed by atoms with Crippen molar-refractivity contribution in [2.75, 3.05) is 38.2 Å². The SMILES string of the molecule is COC(=O)c1cncc(N2CCN(C(=O)C3(C(F)F)CC3)CC2)c1. The summed E-state index contributed by atoms with van der Waals surface area (Å²) in [5.74, 6) is -0.899. The maximum absolute atomic E-state index is 13.1. The van der Waals surface area contributed by atoms with Crippen LogP contribution in [0.5, 0.6) is 0 Å². The quantitative estimate of drug-likeness (QED) is 0.779. The van der Waals surface area contributed by atoms with Crippen LogP contribution in [0.2, 0.25) is 0 Å². The molecule has 2 aliphatic rings. The van der Waals surface area contributed by atoms with Crippen LogP contribution >= 0.6 is 0 Å². The van der Waals surface area contributed by atoms with Crippen LogP contribution in [0.25, 0.3) is 0 Å². The van der Waals surface area contributed by atoms with Gasteiger partial charge < -0.3 is 14.5 Å². The number of alkyl halides is 2. The lowest BCUT2D eigenvalue weighted by molar-refractivity contribution is -0.143. The van der Waals surface area contributed by atoms with E-state index in [9.17, 15) is 18.4 Å². The fraction of sp³-hybridized carbons (Fsp3) is 0.562. The number of pyridine rings is 1. The van der Waals surface area contributed by atoms with E-state index in [0.717, 1.165) is 5.69 Å². The Morgan fingerprint density at radius 3 is 2.42 bits per heavy atom. The summed E-state index contributed by atoms with van der Waals surface area (Å²) < 4.78 is 30.8. The maximum Gasteiger partial charge on any atom is 0.339 e. The number of methoxy groups -OCH3 is 1. The van der Waals surface area contributed by atoms with Crippen molar-refractivity contribution < 1.29 is 23.1 Å². The number of hydrogen-bond acceptors (Lipinski definition) is 5. The number of esters is 1. The summed E-state index contributed by atoms with van der Waals surface area (Å²) in [5, 5.41) is 0. The summed E-state index contributed by atoms with van der Waals surface area (Å²) in [5.41, 5.74) is -0.336. The minimum Gasteiger partial charge on any atom is -0.465 e. The van der Waals surface area contributed by atoms with Gasteiger partial charge in [0.2, 0.25) is 5.91 Å². The molecule has 0 unspecified atom stereocenters. The van der Waals surface area contributed by atoms with Gasteiger partial charge in [0, 0.05) is 32.4 Å². The number of halogens is 2. The van der Waals surface area contributed by atoms with E-state index in [1.165, 1.54) is 18.2 Å². The highest BCUT2D eigenvalue weighted by atomic mass is 19.3. The monoisotopic (exact) mass is 339 g/mol. The van der Waals surface area contributed by atoms with E-state index >= 15 is 0 Å². The van der Waals surface area contributed by atoms with Crippen molar-refractivity contribution in [1.29, 1.82) is 0 Å². The Morgan fingerprint density at radius 2 is 1.88 bits per heavy atom. The topological polar surface area (TPSA) is 62.7 Å². The van der Waals surface area contributed by atoms with Crippen LogP contribution < -0.4 is 4.90 Å². The van der Waals surface area contributed by atoms with Crippen LogP contribution in [-0.4, -0.2) is 61.5 Å². The highest BCUT2D eigenvalue weighted by molar-refractivity contribution is 5.90. The first kappa shape index (κ1) is 16.6. The van der Waals surface area contributed by atoms with E-state index in [1.54, 1.807) is 12.3 Å². The molecule has 0 N–H and O–H groups in total. The third-order valence-electron chi connectivity index (χ3n) is 4.71. The Balaban J connectivity index is 1.63. The Labute approximate surface area is 138 Å². The van der Waals surface area contributed by atoms with Gasteiger partial charge in [0.1, 0.15) is 5.41 Å². The first-order chi connectivity index (χ1) is 11.5. The second kappa shape index (κ2) is 6.33. The highest BCUT2D eigenvalue weighted by Crippen LogP contribution is 2.52. The van der Waals surface area contributed by atoms with Gasteiger partial charge in [-0.1, -0.05) is 0 Å². The number of piperazine rings is 1. The molecule has 6 nitrogen and oxygen atoms in total. The van der Waals surface area contributed by atoms with Crippen molar-refractivity contribution >= 4 is 17.6 Å². The summed E-state index contributed by atoms with van der Waals surface area (Å²) in [6, 6.07) is 1.68. The first-order valence-corrected chi connectivity index (χ1v) is 7.84. The normalized spacial score (nSPS) is 19.3.